The lowest BCUT2D eigenvalue weighted by molar-refractivity contribution is 0.103. The number of hydrogen-bond donors (Lipinski definition) is 0. The van der Waals surface area contributed by atoms with Crippen LogP contribution in [0.5, 0.6) is 11.5 Å². The Bertz CT molecular complexity index is 704. The average Bonchev–Trinajstić information content (AvgIpc) is 2.46. The fourth-order valence-electron chi connectivity index (χ4n) is 1.89. The number of ether oxygens (including phenoxy) is 2. The highest BCUT2D eigenvalue weighted by molar-refractivity contribution is 9.10. The van der Waals surface area contributed by atoms with E-state index < -0.39 is 11.6 Å². The summed E-state index contributed by atoms with van der Waals surface area (Å²) in [5.74, 6) is -0.602. The molecule has 21 heavy (non-hydrogen) atoms. The van der Waals surface area contributed by atoms with Gasteiger partial charge in [0.05, 0.1) is 25.3 Å². The number of rotatable bonds is 4. The van der Waals surface area contributed by atoms with Crippen molar-refractivity contribution in [2.24, 2.45) is 0 Å². The molecule has 2 aromatic rings. The summed E-state index contributed by atoms with van der Waals surface area (Å²) in [4.78, 5) is 12.5. The van der Waals surface area contributed by atoms with Crippen LogP contribution < -0.4 is 9.47 Å². The van der Waals surface area contributed by atoms with Crippen LogP contribution in [-0.2, 0) is 0 Å². The van der Waals surface area contributed by atoms with Crippen LogP contribution in [0.2, 0.25) is 5.02 Å². The van der Waals surface area contributed by atoms with Crippen molar-refractivity contribution in [3.05, 3.63) is 56.8 Å². The third-order valence-electron chi connectivity index (χ3n) is 2.91. The zero-order chi connectivity index (χ0) is 15.6. The van der Waals surface area contributed by atoms with Crippen LogP contribution in [0.25, 0.3) is 0 Å². The van der Waals surface area contributed by atoms with Gasteiger partial charge in [-0.2, -0.15) is 0 Å². The third kappa shape index (κ3) is 3.04. The van der Waals surface area contributed by atoms with Crippen LogP contribution in [0, 0.1) is 5.82 Å². The zero-order valence-corrected chi connectivity index (χ0v) is 13.6. The van der Waals surface area contributed by atoms with Gasteiger partial charge in [0.2, 0.25) is 0 Å². The van der Waals surface area contributed by atoms with E-state index in [2.05, 4.69) is 15.9 Å². The minimum absolute atomic E-state index is 0.0577. The smallest absolute Gasteiger partial charge is 0.199 e. The van der Waals surface area contributed by atoms with Crippen LogP contribution >= 0.6 is 27.5 Å². The number of carbonyl (C=O) groups excluding carboxylic acids is 1. The maximum absolute atomic E-state index is 13.9. The number of methoxy groups -OCH3 is 2. The highest BCUT2D eigenvalue weighted by atomic mass is 79.9. The molecule has 0 saturated carbocycles. The summed E-state index contributed by atoms with van der Waals surface area (Å²) in [7, 11) is 2.84. The summed E-state index contributed by atoms with van der Waals surface area (Å²) in [6.07, 6.45) is 0. The molecule has 0 aliphatic heterocycles. The van der Waals surface area contributed by atoms with Crippen molar-refractivity contribution < 1.29 is 18.7 Å². The monoisotopic (exact) mass is 372 g/mol. The molecule has 0 atom stereocenters. The third-order valence-corrected chi connectivity index (χ3v) is 3.76. The second-order valence-corrected chi connectivity index (χ2v) is 5.41. The van der Waals surface area contributed by atoms with Gasteiger partial charge in [0.15, 0.2) is 11.5 Å². The van der Waals surface area contributed by atoms with Gasteiger partial charge in [-0.1, -0.05) is 27.5 Å². The van der Waals surface area contributed by atoms with Crippen LogP contribution in [0.4, 0.5) is 4.39 Å². The minimum Gasteiger partial charge on any atom is -0.495 e. The van der Waals surface area contributed by atoms with E-state index in [4.69, 9.17) is 21.1 Å². The number of ketones is 1. The quantitative estimate of drug-likeness (QED) is 0.741. The maximum atomic E-state index is 13.9. The molecule has 6 heteroatoms. The van der Waals surface area contributed by atoms with E-state index in [1.54, 1.807) is 6.07 Å². The van der Waals surface area contributed by atoms with E-state index in [1.165, 1.54) is 38.5 Å². The van der Waals surface area contributed by atoms with Crippen LogP contribution in [0.1, 0.15) is 15.9 Å². The molecule has 2 aromatic carbocycles. The topological polar surface area (TPSA) is 35.5 Å². The van der Waals surface area contributed by atoms with Crippen LogP contribution in [0.15, 0.2) is 34.8 Å². The summed E-state index contributed by atoms with van der Waals surface area (Å²) in [5, 5.41) is 0.170. The second-order valence-electron chi connectivity index (χ2n) is 4.12. The minimum atomic E-state index is -0.622. The number of hydrogen-bond acceptors (Lipinski definition) is 3. The normalized spacial score (nSPS) is 10.3. The van der Waals surface area contributed by atoms with E-state index in [-0.39, 0.29) is 21.9 Å². The van der Waals surface area contributed by atoms with Crippen molar-refractivity contribution in [3.63, 3.8) is 0 Å². The fraction of sp³-hybridized carbons (Fsp3) is 0.133. The summed E-state index contributed by atoms with van der Waals surface area (Å²) in [6.45, 7) is 0. The van der Waals surface area contributed by atoms with Gasteiger partial charge in [-0.25, -0.2) is 4.39 Å². The Balaban J connectivity index is 2.55. The van der Waals surface area contributed by atoms with Crippen molar-refractivity contribution in [1.29, 1.82) is 0 Å². The van der Waals surface area contributed by atoms with E-state index >= 15 is 0 Å². The van der Waals surface area contributed by atoms with Crippen molar-refractivity contribution >= 4 is 33.3 Å². The van der Waals surface area contributed by atoms with Crippen molar-refractivity contribution in [3.8, 4) is 11.5 Å². The highest BCUT2D eigenvalue weighted by Gasteiger charge is 2.22. The fourth-order valence-corrected chi connectivity index (χ4v) is 2.54. The number of halogens is 3. The summed E-state index contributed by atoms with van der Waals surface area (Å²) >= 11 is 9.25. The number of benzene rings is 2. The molecule has 0 spiro atoms. The standard InChI is InChI=1S/C15H11BrClFO3/c1-20-12-6-5-10(15(21-2)13(12)17)14(19)9-4-3-8(16)7-11(9)18/h3-7H,1-2H3. The molecule has 0 unspecified atom stereocenters. The first-order chi connectivity index (χ1) is 9.99. The molecular formula is C15H11BrClFO3. The Morgan fingerprint density at radius 2 is 1.81 bits per heavy atom. The average molecular weight is 374 g/mol. The predicted molar refractivity (Wildman–Crippen MR) is 82.1 cm³/mol. The van der Waals surface area contributed by atoms with Crippen molar-refractivity contribution in [2.75, 3.05) is 14.2 Å². The van der Waals surface area contributed by atoms with Crippen LogP contribution in [-0.4, -0.2) is 20.0 Å². The zero-order valence-electron chi connectivity index (χ0n) is 11.2. The van der Waals surface area contributed by atoms with Crippen molar-refractivity contribution in [1.82, 2.24) is 0 Å². The lowest BCUT2D eigenvalue weighted by Crippen LogP contribution is -2.07. The van der Waals surface area contributed by atoms with Gasteiger partial charge in [-0.05, 0) is 30.3 Å². The molecule has 0 aliphatic rings. The lowest BCUT2D eigenvalue weighted by Gasteiger charge is -2.12. The summed E-state index contributed by atoms with van der Waals surface area (Å²) in [6, 6.07) is 7.25. The Kier molecular flexibility index (Phi) is 4.85. The van der Waals surface area contributed by atoms with Gasteiger partial charge in [0, 0.05) is 4.47 Å². The lowest BCUT2D eigenvalue weighted by atomic mass is 10.0. The Morgan fingerprint density at radius 3 is 2.38 bits per heavy atom. The molecule has 0 N–H and O–H groups in total. The number of carbonyl (C=O) groups is 1. The van der Waals surface area contributed by atoms with Gasteiger partial charge in [0.25, 0.3) is 0 Å². The molecule has 0 saturated heterocycles. The van der Waals surface area contributed by atoms with E-state index in [9.17, 15) is 9.18 Å². The maximum Gasteiger partial charge on any atom is 0.199 e. The van der Waals surface area contributed by atoms with E-state index in [0.717, 1.165) is 0 Å². The Hall–Kier alpha value is -1.59. The van der Waals surface area contributed by atoms with Gasteiger partial charge in [-0.15, -0.1) is 0 Å². The first kappa shape index (κ1) is 15.8. The first-order valence-electron chi connectivity index (χ1n) is 5.89. The van der Waals surface area contributed by atoms with Crippen LogP contribution in [0.3, 0.4) is 0 Å². The second kappa shape index (κ2) is 6.45. The van der Waals surface area contributed by atoms with Crippen molar-refractivity contribution in [2.45, 2.75) is 0 Å². The SMILES string of the molecule is COc1ccc(C(=O)c2ccc(Br)cc2F)c(OC)c1Cl. The van der Waals surface area contributed by atoms with E-state index in [1.807, 2.05) is 0 Å². The van der Waals surface area contributed by atoms with Gasteiger partial charge < -0.3 is 9.47 Å². The molecule has 0 bridgehead atoms. The molecule has 0 aliphatic carbocycles. The Labute approximate surface area is 134 Å². The largest absolute Gasteiger partial charge is 0.495 e. The highest BCUT2D eigenvalue weighted by Crippen LogP contribution is 2.38. The van der Waals surface area contributed by atoms with E-state index in [0.29, 0.717) is 10.2 Å². The summed E-state index contributed by atoms with van der Waals surface area (Å²) in [5.41, 5.74) is 0.113. The molecule has 110 valence electrons. The van der Waals surface area contributed by atoms with Gasteiger partial charge >= 0.3 is 0 Å². The molecule has 0 aromatic heterocycles. The first-order valence-corrected chi connectivity index (χ1v) is 7.07. The van der Waals surface area contributed by atoms with Gasteiger partial charge in [0.1, 0.15) is 16.6 Å². The summed E-state index contributed by atoms with van der Waals surface area (Å²) < 4.78 is 24.7. The molecule has 3 nitrogen and oxygen atoms in total. The molecule has 0 radical (unpaired) electrons. The molecule has 0 heterocycles. The molecule has 2 rings (SSSR count). The predicted octanol–water partition coefficient (Wildman–Crippen LogP) is 4.49. The molecule has 0 amide bonds. The van der Waals surface area contributed by atoms with Gasteiger partial charge in [-0.3, -0.25) is 4.79 Å². The molecular weight excluding hydrogens is 363 g/mol. The Morgan fingerprint density at radius 1 is 1.14 bits per heavy atom. The molecule has 0 fully saturated rings.